The summed E-state index contributed by atoms with van der Waals surface area (Å²) in [4.78, 5) is 4.27. The summed E-state index contributed by atoms with van der Waals surface area (Å²) in [6.45, 7) is 2.80. The van der Waals surface area contributed by atoms with Gasteiger partial charge in [-0.05, 0) is 19.8 Å². The topological polar surface area (TPSA) is 88.3 Å². The van der Waals surface area contributed by atoms with Gasteiger partial charge in [0.2, 0.25) is 11.7 Å². The van der Waals surface area contributed by atoms with Crippen molar-refractivity contribution in [1.82, 2.24) is 19.2 Å². The number of rotatable bonds is 5. The number of hydrogen-bond donors (Lipinski definition) is 1. The first kappa shape index (κ1) is 15.1. The highest BCUT2D eigenvalue weighted by molar-refractivity contribution is 7.87. The lowest BCUT2D eigenvalue weighted by Gasteiger charge is -2.18. The second-order valence-corrected chi connectivity index (χ2v) is 6.98. The van der Waals surface area contributed by atoms with Gasteiger partial charge in [-0.2, -0.15) is 22.4 Å². The predicted molar refractivity (Wildman–Crippen MR) is 81.0 cm³/mol. The normalized spacial score (nSPS) is 17.7. The molecule has 0 radical (unpaired) electrons. The van der Waals surface area contributed by atoms with Crippen LogP contribution in [-0.2, 0) is 10.2 Å². The predicted octanol–water partition coefficient (Wildman–Crippen LogP) is 1.73. The smallest absolute Gasteiger partial charge is 0.280 e. The standard InChI is InChI=1S/C14H18N4O3S/c1-11(17-22(19,20)18-9-5-6-10-18)14-15-13(16-21-14)12-7-3-2-4-8-12/h2-4,7-8,11,17H,5-6,9-10H2,1H3. The molecule has 0 spiro atoms. The second-order valence-electron chi connectivity index (χ2n) is 5.27. The highest BCUT2D eigenvalue weighted by Crippen LogP contribution is 2.20. The first-order valence-electron chi connectivity index (χ1n) is 7.23. The highest BCUT2D eigenvalue weighted by Gasteiger charge is 2.28. The van der Waals surface area contributed by atoms with Crippen molar-refractivity contribution in [3.63, 3.8) is 0 Å². The van der Waals surface area contributed by atoms with Gasteiger partial charge >= 0.3 is 0 Å². The molecule has 1 fully saturated rings. The molecule has 1 aliphatic heterocycles. The summed E-state index contributed by atoms with van der Waals surface area (Å²) < 4.78 is 33.6. The molecule has 1 saturated heterocycles. The van der Waals surface area contributed by atoms with Gasteiger partial charge in [-0.25, -0.2) is 0 Å². The van der Waals surface area contributed by atoms with Crippen molar-refractivity contribution in [1.29, 1.82) is 0 Å². The lowest BCUT2D eigenvalue weighted by Crippen LogP contribution is -2.40. The molecule has 1 unspecified atom stereocenters. The minimum absolute atomic E-state index is 0.252. The molecule has 3 rings (SSSR count). The molecule has 1 atom stereocenters. The molecule has 1 aromatic heterocycles. The zero-order valence-corrected chi connectivity index (χ0v) is 13.1. The lowest BCUT2D eigenvalue weighted by molar-refractivity contribution is 0.349. The third kappa shape index (κ3) is 3.18. The van der Waals surface area contributed by atoms with E-state index in [2.05, 4.69) is 14.9 Å². The fourth-order valence-corrected chi connectivity index (χ4v) is 3.83. The second kappa shape index (κ2) is 6.15. The molecular formula is C14H18N4O3S. The summed E-state index contributed by atoms with van der Waals surface area (Å²) in [7, 11) is -3.51. The SMILES string of the molecule is CC(NS(=O)(=O)N1CCCC1)c1nc(-c2ccccc2)no1. The van der Waals surface area contributed by atoms with Gasteiger partial charge in [0.1, 0.15) is 0 Å². The quantitative estimate of drug-likeness (QED) is 0.905. The van der Waals surface area contributed by atoms with Gasteiger partial charge in [0.05, 0.1) is 6.04 Å². The maximum absolute atomic E-state index is 12.2. The third-order valence-corrected chi connectivity index (χ3v) is 5.27. The Morgan fingerprint density at radius 3 is 2.59 bits per heavy atom. The molecule has 0 aliphatic carbocycles. The first-order chi connectivity index (χ1) is 10.6. The number of benzene rings is 1. The molecular weight excluding hydrogens is 304 g/mol. The van der Waals surface area contributed by atoms with Crippen molar-refractivity contribution in [2.24, 2.45) is 0 Å². The molecule has 0 saturated carbocycles. The van der Waals surface area contributed by atoms with Crippen LogP contribution in [0.2, 0.25) is 0 Å². The fourth-order valence-electron chi connectivity index (χ4n) is 2.39. The van der Waals surface area contributed by atoms with Crippen molar-refractivity contribution in [2.75, 3.05) is 13.1 Å². The summed E-state index contributed by atoms with van der Waals surface area (Å²) in [6.07, 6.45) is 1.79. The van der Waals surface area contributed by atoms with E-state index < -0.39 is 16.3 Å². The summed E-state index contributed by atoms with van der Waals surface area (Å²) in [5.74, 6) is 0.699. The van der Waals surface area contributed by atoms with Crippen molar-refractivity contribution < 1.29 is 12.9 Å². The van der Waals surface area contributed by atoms with E-state index in [1.165, 1.54) is 4.31 Å². The maximum Gasteiger partial charge on any atom is 0.280 e. The Morgan fingerprint density at radius 2 is 1.91 bits per heavy atom. The molecule has 1 aromatic carbocycles. The molecule has 7 nitrogen and oxygen atoms in total. The number of nitrogens with one attached hydrogen (secondary N) is 1. The Kier molecular flexibility index (Phi) is 4.23. The third-order valence-electron chi connectivity index (χ3n) is 3.57. The van der Waals surface area contributed by atoms with Gasteiger partial charge in [0.15, 0.2) is 0 Å². The number of nitrogens with zero attached hydrogens (tertiary/aromatic N) is 3. The van der Waals surface area contributed by atoms with Gasteiger partial charge in [0, 0.05) is 18.7 Å². The average Bonchev–Trinajstić information content (AvgIpc) is 3.20. The van der Waals surface area contributed by atoms with Crippen LogP contribution in [0.25, 0.3) is 11.4 Å². The van der Waals surface area contributed by atoms with Crippen LogP contribution < -0.4 is 4.72 Å². The van der Waals surface area contributed by atoms with Crippen LogP contribution in [-0.4, -0.2) is 36.0 Å². The summed E-state index contributed by atoms with van der Waals surface area (Å²) in [5.41, 5.74) is 0.826. The molecule has 2 aromatic rings. The molecule has 22 heavy (non-hydrogen) atoms. The van der Waals surface area contributed by atoms with E-state index >= 15 is 0 Å². The largest absolute Gasteiger partial charge is 0.337 e. The highest BCUT2D eigenvalue weighted by atomic mass is 32.2. The Labute approximate surface area is 129 Å². The first-order valence-corrected chi connectivity index (χ1v) is 8.67. The Hall–Kier alpha value is -1.77. The molecule has 2 heterocycles. The average molecular weight is 322 g/mol. The van der Waals surface area contributed by atoms with Crippen LogP contribution in [0.5, 0.6) is 0 Å². The van der Waals surface area contributed by atoms with Crippen molar-refractivity contribution >= 4 is 10.2 Å². The van der Waals surface area contributed by atoms with E-state index in [0.717, 1.165) is 18.4 Å². The van der Waals surface area contributed by atoms with Crippen LogP contribution >= 0.6 is 0 Å². The number of aromatic nitrogens is 2. The van der Waals surface area contributed by atoms with Gasteiger partial charge in [-0.1, -0.05) is 35.5 Å². The van der Waals surface area contributed by atoms with Crippen LogP contribution in [0, 0.1) is 0 Å². The lowest BCUT2D eigenvalue weighted by atomic mass is 10.2. The molecule has 1 aliphatic rings. The van der Waals surface area contributed by atoms with E-state index in [-0.39, 0.29) is 5.89 Å². The Bertz CT molecular complexity index is 724. The molecule has 0 amide bonds. The molecule has 118 valence electrons. The fraction of sp³-hybridized carbons (Fsp3) is 0.429. The van der Waals surface area contributed by atoms with E-state index in [1.54, 1.807) is 6.92 Å². The van der Waals surface area contributed by atoms with Gasteiger partial charge in [-0.15, -0.1) is 0 Å². The Morgan fingerprint density at radius 1 is 1.23 bits per heavy atom. The van der Waals surface area contributed by atoms with Crippen LogP contribution in [0.4, 0.5) is 0 Å². The minimum Gasteiger partial charge on any atom is -0.337 e. The summed E-state index contributed by atoms with van der Waals surface area (Å²) in [6, 6.07) is 8.82. The van der Waals surface area contributed by atoms with E-state index in [0.29, 0.717) is 18.9 Å². The molecule has 8 heteroatoms. The monoisotopic (exact) mass is 322 g/mol. The number of hydrogen-bond acceptors (Lipinski definition) is 5. The van der Waals surface area contributed by atoms with Gasteiger partial charge in [0.25, 0.3) is 10.2 Å². The van der Waals surface area contributed by atoms with Crippen LogP contribution in [0.1, 0.15) is 31.7 Å². The molecule has 0 bridgehead atoms. The zero-order valence-electron chi connectivity index (χ0n) is 12.3. The van der Waals surface area contributed by atoms with Gasteiger partial charge in [-0.3, -0.25) is 0 Å². The zero-order chi connectivity index (χ0) is 15.6. The summed E-state index contributed by atoms with van der Waals surface area (Å²) >= 11 is 0. The van der Waals surface area contributed by atoms with Crippen LogP contribution in [0.15, 0.2) is 34.9 Å². The Balaban J connectivity index is 1.73. The minimum atomic E-state index is -3.51. The van der Waals surface area contributed by atoms with Gasteiger partial charge < -0.3 is 4.52 Å². The van der Waals surface area contributed by atoms with Crippen molar-refractivity contribution in [2.45, 2.75) is 25.8 Å². The summed E-state index contributed by atoms with van der Waals surface area (Å²) in [5, 5.41) is 3.90. The maximum atomic E-state index is 12.2. The van der Waals surface area contributed by atoms with E-state index in [1.807, 2.05) is 30.3 Å². The molecule has 1 N–H and O–H groups in total. The van der Waals surface area contributed by atoms with E-state index in [9.17, 15) is 8.42 Å². The van der Waals surface area contributed by atoms with Crippen molar-refractivity contribution in [3.8, 4) is 11.4 Å². The van der Waals surface area contributed by atoms with E-state index in [4.69, 9.17) is 4.52 Å². The van der Waals surface area contributed by atoms with Crippen LogP contribution in [0.3, 0.4) is 0 Å². The van der Waals surface area contributed by atoms with Crippen molar-refractivity contribution in [3.05, 3.63) is 36.2 Å².